The second-order valence-electron chi connectivity index (χ2n) is 4.46. The predicted molar refractivity (Wildman–Crippen MR) is 76.7 cm³/mol. The maximum absolute atomic E-state index is 13.1. The summed E-state index contributed by atoms with van der Waals surface area (Å²) in [7, 11) is -2.06. The lowest BCUT2D eigenvalue weighted by Gasteiger charge is -2.32. The van der Waals surface area contributed by atoms with Crippen molar-refractivity contribution in [3.63, 3.8) is 0 Å². The molecule has 3 nitrogen and oxygen atoms in total. The third-order valence-corrected chi connectivity index (χ3v) is 6.14. The van der Waals surface area contributed by atoms with Gasteiger partial charge in [0.15, 0.2) is 5.34 Å². The van der Waals surface area contributed by atoms with Crippen molar-refractivity contribution in [3.05, 3.63) is 66.2 Å². The summed E-state index contributed by atoms with van der Waals surface area (Å²) in [4.78, 5) is 0. The van der Waals surface area contributed by atoms with Crippen LogP contribution in [0, 0.1) is 0 Å². The maximum Gasteiger partial charge on any atom is 0.266 e. The summed E-state index contributed by atoms with van der Waals surface area (Å²) in [6.07, 6.45) is 0. The van der Waals surface area contributed by atoms with Gasteiger partial charge in [0.05, 0.1) is 0 Å². The minimum atomic E-state index is -3.42. The van der Waals surface area contributed by atoms with Crippen LogP contribution in [0.4, 0.5) is 0 Å². The summed E-state index contributed by atoms with van der Waals surface area (Å²) in [6, 6.07) is 17.8. The largest absolute Gasteiger partial charge is 0.375 e. The van der Waals surface area contributed by atoms with Gasteiger partial charge in [-0.3, -0.25) is 4.57 Å². The highest BCUT2D eigenvalue weighted by Crippen LogP contribution is 2.60. The Labute approximate surface area is 113 Å². The average Bonchev–Trinajstić information content (AvgIpc) is 2.48. The van der Waals surface area contributed by atoms with E-state index in [-0.39, 0.29) is 0 Å². The Bertz CT molecular complexity index is 579. The third kappa shape index (κ3) is 2.37. The van der Waals surface area contributed by atoms with Gasteiger partial charge in [-0.25, -0.2) is 0 Å². The van der Waals surface area contributed by atoms with Gasteiger partial charge < -0.3 is 9.63 Å². The molecule has 4 heteroatoms. The van der Waals surface area contributed by atoms with Gasteiger partial charge in [0.2, 0.25) is 0 Å². The van der Waals surface area contributed by atoms with E-state index in [1.54, 1.807) is 48.5 Å². The molecule has 0 aliphatic heterocycles. The summed E-state index contributed by atoms with van der Waals surface area (Å²) < 4.78 is 18.4. The molecule has 0 radical (unpaired) electrons. The molecule has 2 aromatic carbocycles. The zero-order chi connectivity index (χ0) is 13.9. The summed E-state index contributed by atoms with van der Waals surface area (Å²) in [5.74, 6) is 0. The monoisotopic (exact) mass is 276 g/mol. The first-order valence-corrected chi connectivity index (χ1v) is 7.64. The minimum Gasteiger partial charge on any atom is -0.375 e. The third-order valence-electron chi connectivity index (χ3n) is 3.25. The van der Waals surface area contributed by atoms with Crippen LogP contribution < -0.4 is 5.30 Å². The molecule has 0 aromatic heterocycles. The molecule has 2 unspecified atom stereocenters. The topological polar surface area (TPSA) is 46.5 Å². The SMILES string of the molecule is COP(=O)(c1ccccc1)C(C)(O)c1ccccc1. The van der Waals surface area contributed by atoms with Crippen LogP contribution in [0.15, 0.2) is 60.7 Å². The summed E-state index contributed by atoms with van der Waals surface area (Å²) in [5, 5.41) is 9.71. The summed E-state index contributed by atoms with van der Waals surface area (Å²) in [6.45, 7) is 1.53. The number of aliphatic hydroxyl groups is 1. The van der Waals surface area contributed by atoms with E-state index in [0.29, 0.717) is 10.9 Å². The molecule has 0 bridgehead atoms. The van der Waals surface area contributed by atoms with E-state index in [4.69, 9.17) is 4.52 Å². The minimum absolute atomic E-state index is 0.506. The second-order valence-corrected chi connectivity index (χ2v) is 7.31. The van der Waals surface area contributed by atoms with Gasteiger partial charge in [-0.05, 0) is 24.6 Å². The Morgan fingerprint density at radius 2 is 1.47 bits per heavy atom. The van der Waals surface area contributed by atoms with Gasteiger partial charge in [-0.1, -0.05) is 48.5 Å². The second kappa shape index (κ2) is 5.30. The van der Waals surface area contributed by atoms with E-state index in [0.717, 1.165) is 0 Å². The lowest BCUT2D eigenvalue weighted by Crippen LogP contribution is -2.28. The van der Waals surface area contributed by atoms with E-state index in [9.17, 15) is 9.67 Å². The zero-order valence-corrected chi connectivity index (χ0v) is 11.9. The first-order chi connectivity index (χ1) is 9.02. The Hall–Kier alpha value is -1.41. The smallest absolute Gasteiger partial charge is 0.266 e. The van der Waals surface area contributed by atoms with Crippen molar-refractivity contribution in [1.29, 1.82) is 0 Å². The van der Waals surface area contributed by atoms with Crippen molar-refractivity contribution in [2.45, 2.75) is 12.3 Å². The van der Waals surface area contributed by atoms with Crippen molar-refractivity contribution in [1.82, 2.24) is 0 Å². The molecule has 0 saturated heterocycles. The van der Waals surface area contributed by atoms with Crippen LogP contribution in [-0.2, 0) is 14.4 Å². The fourth-order valence-corrected chi connectivity index (χ4v) is 4.21. The highest BCUT2D eigenvalue weighted by atomic mass is 31.2. The van der Waals surface area contributed by atoms with Crippen molar-refractivity contribution < 1.29 is 14.2 Å². The first kappa shape index (κ1) is 14.0. The fraction of sp³-hybridized carbons (Fsp3) is 0.200. The maximum atomic E-state index is 13.1. The van der Waals surface area contributed by atoms with Gasteiger partial charge >= 0.3 is 0 Å². The van der Waals surface area contributed by atoms with Crippen LogP contribution in [0.25, 0.3) is 0 Å². The van der Waals surface area contributed by atoms with Gasteiger partial charge in [0, 0.05) is 12.4 Å². The molecule has 0 spiro atoms. The van der Waals surface area contributed by atoms with Gasteiger partial charge in [-0.2, -0.15) is 0 Å². The quantitative estimate of drug-likeness (QED) is 0.873. The van der Waals surface area contributed by atoms with Crippen molar-refractivity contribution in [3.8, 4) is 0 Å². The number of hydrogen-bond acceptors (Lipinski definition) is 3. The molecule has 0 heterocycles. The van der Waals surface area contributed by atoms with E-state index in [1.807, 2.05) is 12.1 Å². The van der Waals surface area contributed by atoms with Crippen molar-refractivity contribution >= 4 is 12.7 Å². The highest BCUT2D eigenvalue weighted by Gasteiger charge is 2.46. The predicted octanol–water partition coefficient (Wildman–Crippen LogP) is 3.10. The Morgan fingerprint density at radius 1 is 1.00 bits per heavy atom. The van der Waals surface area contributed by atoms with Crippen LogP contribution in [0.1, 0.15) is 12.5 Å². The lowest BCUT2D eigenvalue weighted by atomic mass is 10.1. The lowest BCUT2D eigenvalue weighted by molar-refractivity contribution is 0.126. The van der Waals surface area contributed by atoms with Crippen LogP contribution in [-0.4, -0.2) is 12.2 Å². The molecule has 0 fully saturated rings. The van der Waals surface area contributed by atoms with Crippen molar-refractivity contribution in [2.24, 2.45) is 0 Å². The highest BCUT2D eigenvalue weighted by molar-refractivity contribution is 7.67. The molecular formula is C15H17O3P. The molecule has 2 aromatic rings. The van der Waals surface area contributed by atoms with E-state index in [2.05, 4.69) is 0 Å². The van der Waals surface area contributed by atoms with Gasteiger partial charge in [0.1, 0.15) is 0 Å². The molecule has 2 rings (SSSR count). The molecule has 100 valence electrons. The fourth-order valence-electron chi connectivity index (χ4n) is 2.08. The first-order valence-electron chi connectivity index (χ1n) is 6.02. The Morgan fingerprint density at radius 3 is 1.95 bits per heavy atom. The molecular weight excluding hydrogens is 259 g/mol. The molecule has 19 heavy (non-hydrogen) atoms. The Kier molecular flexibility index (Phi) is 3.91. The average molecular weight is 276 g/mol. The normalized spacial score (nSPS) is 17.4. The van der Waals surface area contributed by atoms with Crippen LogP contribution in [0.2, 0.25) is 0 Å². The van der Waals surface area contributed by atoms with Gasteiger partial charge in [0.25, 0.3) is 7.37 Å². The molecule has 0 aliphatic rings. The summed E-state index contributed by atoms with van der Waals surface area (Å²) >= 11 is 0. The zero-order valence-electron chi connectivity index (χ0n) is 11.0. The molecule has 0 saturated carbocycles. The summed E-state index contributed by atoms with van der Waals surface area (Å²) in [5.41, 5.74) is 0.573. The van der Waals surface area contributed by atoms with Crippen LogP contribution in [0.5, 0.6) is 0 Å². The number of benzene rings is 2. The molecule has 0 amide bonds. The van der Waals surface area contributed by atoms with Crippen LogP contribution >= 0.6 is 7.37 Å². The standard InChI is InChI=1S/C15H17O3P/c1-15(16,13-9-5-3-6-10-13)19(17,18-2)14-11-7-4-8-12-14/h3-12,16H,1-2H3. The Balaban J connectivity index is 2.56. The van der Waals surface area contributed by atoms with Crippen LogP contribution in [0.3, 0.4) is 0 Å². The van der Waals surface area contributed by atoms with Gasteiger partial charge in [-0.15, -0.1) is 0 Å². The molecule has 2 atom stereocenters. The number of hydrogen-bond donors (Lipinski definition) is 1. The van der Waals surface area contributed by atoms with E-state index >= 15 is 0 Å². The van der Waals surface area contributed by atoms with E-state index < -0.39 is 12.7 Å². The van der Waals surface area contributed by atoms with E-state index in [1.165, 1.54) is 14.0 Å². The number of rotatable bonds is 4. The molecule has 0 aliphatic carbocycles. The van der Waals surface area contributed by atoms with Crippen molar-refractivity contribution in [2.75, 3.05) is 7.11 Å². The molecule has 1 N–H and O–H groups in total.